The Bertz CT molecular complexity index is 345. The number of benzene rings is 1. The van der Waals surface area contributed by atoms with Crippen LogP contribution in [0.3, 0.4) is 0 Å². The Morgan fingerprint density at radius 1 is 1.57 bits per heavy atom. The van der Waals surface area contributed by atoms with Crippen LogP contribution in [-0.2, 0) is 11.2 Å². The van der Waals surface area contributed by atoms with Gasteiger partial charge in [0.15, 0.2) is 0 Å². The molecule has 1 N–H and O–H groups in total. The summed E-state index contributed by atoms with van der Waals surface area (Å²) in [5.41, 5.74) is 2.06. The quantitative estimate of drug-likeness (QED) is 0.783. The predicted octanol–water partition coefficient (Wildman–Crippen LogP) is 2.62. The Morgan fingerprint density at radius 3 is 2.71 bits per heavy atom. The van der Waals surface area contributed by atoms with Gasteiger partial charge >= 0.3 is 5.97 Å². The van der Waals surface area contributed by atoms with Crippen molar-refractivity contribution in [3.8, 4) is 0 Å². The Morgan fingerprint density at radius 2 is 2.21 bits per heavy atom. The van der Waals surface area contributed by atoms with E-state index in [1.54, 1.807) is 0 Å². The summed E-state index contributed by atoms with van der Waals surface area (Å²) in [7, 11) is 0. The predicted molar refractivity (Wildman–Crippen MR) is 56.8 cm³/mol. The van der Waals surface area contributed by atoms with E-state index < -0.39 is 10.8 Å². The molecule has 0 radical (unpaired) electrons. The van der Waals surface area contributed by atoms with Crippen molar-refractivity contribution in [1.82, 2.24) is 0 Å². The maximum atomic E-state index is 10.8. The van der Waals surface area contributed by atoms with Gasteiger partial charge in [-0.2, -0.15) is 0 Å². The molecule has 0 amide bonds. The zero-order chi connectivity index (χ0) is 10.8. The highest BCUT2D eigenvalue weighted by Crippen LogP contribution is 2.21. The van der Waals surface area contributed by atoms with E-state index in [0.29, 0.717) is 6.42 Å². The van der Waals surface area contributed by atoms with Gasteiger partial charge < -0.3 is 5.11 Å². The van der Waals surface area contributed by atoms with Gasteiger partial charge in [-0.05, 0) is 19.4 Å². The minimum Gasteiger partial charge on any atom is -0.480 e. The lowest BCUT2D eigenvalue weighted by molar-refractivity contribution is -0.139. The second-order valence-electron chi connectivity index (χ2n) is 3.67. The van der Waals surface area contributed by atoms with Crippen LogP contribution < -0.4 is 0 Å². The van der Waals surface area contributed by atoms with Gasteiger partial charge in [-0.3, -0.25) is 4.79 Å². The van der Waals surface area contributed by atoms with Gasteiger partial charge in [-0.15, -0.1) is 11.6 Å². The van der Waals surface area contributed by atoms with E-state index in [1.807, 2.05) is 31.2 Å². The lowest BCUT2D eigenvalue weighted by atomic mass is 9.99. The smallest absolute Gasteiger partial charge is 0.324 e. The minimum atomic E-state index is -1.21. The number of rotatable bonds is 3. The fourth-order valence-corrected chi connectivity index (χ4v) is 1.44. The summed E-state index contributed by atoms with van der Waals surface area (Å²) in [6.07, 6.45) is 0.339. The van der Waals surface area contributed by atoms with Gasteiger partial charge in [0.2, 0.25) is 0 Å². The largest absolute Gasteiger partial charge is 0.480 e. The van der Waals surface area contributed by atoms with Crippen LogP contribution >= 0.6 is 11.6 Å². The first-order chi connectivity index (χ1) is 6.42. The van der Waals surface area contributed by atoms with E-state index in [0.717, 1.165) is 11.1 Å². The Kier molecular flexibility index (Phi) is 3.17. The highest BCUT2D eigenvalue weighted by atomic mass is 35.5. The van der Waals surface area contributed by atoms with Crippen LogP contribution in [0.4, 0.5) is 0 Å². The minimum absolute atomic E-state index is 0.339. The summed E-state index contributed by atoms with van der Waals surface area (Å²) in [6, 6.07) is 7.70. The Labute approximate surface area is 88.5 Å². The fourth-order valence-electron chi connectivity index (χ4n) is 1.28. The molecule has 1 rings (SSSR count). The summed E-state index contributed by atoms with van der Waals surface area (Å²) in [4.78, 5) is 9.56. The number of aliphatic carboxylic acids is 1. The number of hydrogen-bond acceptors (Lipinski definition) is 1. The van der Waals surface area contributed by atoms with Crippen LogP contribution in [0.5, 0.6) is 0 Å². The molecule has 0 spiro atoms. The third kappa shape index (κ3) is 2.74. The molecule has 76 valence electrons. The second-order valence-corrected chi connectivity index (χ2v) is 4.50. The molecule has 0 saturated carbocycles. The number of halogens is 1. The molecule has 14 heavy (non-hydrogen) atoms. The molecule has 3 heteroatoms. The highest BCUT2D eigenvalue weighted by molar-refractivity contribution is 6.33. The average Bonchev–Trinajstić information content (AvgIpc) is 2.02. The lowest BCUT2D eigenvalue weighted by Gasteiger charge is -2.16. The van der Waals surface area contributed by atoms with Crippen LogP contribution in [0.1, 0.15) is 18.1 Å². The number of carbonyl (C=O) groups is 1. The van der Waals surface area contributed by atoms with Crippen LogP contribution in [0.15, 0.2) is 24.3 Å². The third-order valence-electron chi connectivity index (χ3n) is 2.06. The van der Waals surface area contributed by atoms with E-state index in [4.69, 9.17) is 16.7 Å². The number of alkyl halides is 1. The number of aryl methyl sites for hydroxylation is 1. The Hall–Kier alpha value is -1.02. The summed E-state index contributed by atoms with van der Waals surface area (Å²) < 4.78 is 0. The first kappa shape index (κ1) is 11.1. The zero-order valence-electron chi connectivity index (χ0n) is 8.25. The van der Waals surface area contributed by atoms with E-state index >= 15 is 0 Å². The standard InChI is InChI=1S/C11H13ClO2/c1-8-4-3-5-9(6-8)7-11(2,12)10(13)14/h3-6H,7H2,1-2H3,(H,13,14). The molecule has 1 unspecified atom stereocenters. The molecule has 1 aromatic carbocycles. The van der Waals surface area contributed by atoms with Crippen molar-refractivity contribution in [2.45, 2.75) is 25.1 Å². The van der Waals surface area contributed by atoms with E-state index in [-0.39, 0.29) is 0 Å². The topological polar surface area (TPSA) is 37.3 Å². The molecule has 0 aliphatic carbocycles. The van der Waals surface area contributed by atoms with Crippen molar-refractivity contribution in [2.75, 3.05) is 0 Å². The molecular weight excluding hydrogens is 200 g/mol. The SMILES string of the molecule is Cc1cccc(CC(C)(Cl)C(=O)O)c1. The normalized spacial score (nSPS) is 14.8. The number of carboxylic acids is 1. The summed E-state index contributed by atoms with van der Waals surface area (Å²) >= 11 is 5.86. The molecule has 0 aliphatic heterocycles. The summed E-state index contributed by atoms with van der Waals surface area (Å²) in [6.45, 7) is 3.48. The van der Waals surface area contributed by atoms with E-state index in [9.17, 15) is 4.79 Å². The molecule has 0 saturated heterocycles. The fraction of sp³-hybridized carbons (Fsp3) is 0.364. The van der Waals surface area contributed by atoms with Crippen molar-refractivity contribution in [3.05, 3.63) is 35.4 Å². The molecule has 0 heterocycles. The van der Waals surface area contributed by atoms with E-state index in [2.05, 4.69) is 0 Å². The lowest BCUT2D eigenvalue weighted by Crippen LogP contribution is -2.30. The van der Waals surface area contributed by atoms with Crippen molar-refractivity contribution in [1.29, 1.82) is 0 Å². The molecule has 1 aromatic rings. The van der Waals surface area contributed by atoms with Crippen LogP contribution in [0.2, 0.25) is 0 Å². The first-order valence-corrected chi connectivity index (χ1v) is 4.77. The average molecular weight is 213 g/mol. The third-order valence-corrected chi connectivity index (χ3v) is 2.36. The zero-order valence-corrected chi connectivity index (χ0v) is 9.01. The maximum Gasteiger partial charge on any atom is 0.324 e. The van der Waals surface area contributed by atoms with Crippen molar-refractivity contribution >= 4 is 17.6 Å². The van der Waals surface area contributed by atoms with Gasteiger partial charge in [0.25, 0.3) is 0 Å². The number of hydrogen-bond donors (Lipinski definition) is 1. The second kappa shape index (κ2) is 4.01. The van der Waals surface area contributed by atoms with Gasteiger partial charge in [0.1, 0.15) is 4.87 Å². The van der Waals surface area contributed by atoms with Gasteiger partial charge in [-0.1, -0.05) is 29.8 Å². The molecular formula is C11H13ClO2. The Balaban J connectivity index is 2.83. The van der Waals surface area contributed by atoms with Gasteiger partial charge in [0, 0.05) is 6.42 Å². The van der Waals surface area contributed by atoms with Gasteiger partial charge in [0.05, 0.1) is 0 Å². The molecule has 2 nitrogen and oxygen atoms in total. The molecule has 0 aromatic heterocycles. The highest BCUT2D eigenvalue weighted by Gasteiger charge is 2.30. The first-order valence-electron chi connectivity index (χ1n) is 4.40. The molecule has 0 bridgehead atoms. The van der Waals surface area contributed by atoms with Gasteiger partial charge in [-0.25, -0.2) is 0 Å². The number of carboxylic acid groups (broad SMARTS) is 1. The molecule has 0 aliphatic rings. The molecule has 0 fully saturated rings. The summed E-state index contributed by atoms with van der Waals surface area (Å²) in [5.74, 6) is -0.985. The maximum absolute atomic E-state index is 10.8. The van der Waals surface area contributed by atoms with E-state index in [1.165, 1.54) is 6.92 Å². The van der Waals surface area contributed by atoms with Crippen molar-refractivity contribution < 1.29 is 9.90 Å². The van der Waals surface area contributed by atoms with Crippen molar-refractivity contribution in [2.24, 2.45) is 0 Å². The monoisotopic (exact) mass is 212 g/mol. The van der Waals surface area contributed by atoms with Crippen molar-refractivity contribution in [3.63, 3.8) is 0 Å². The van der Waals surface area contributed by atoms with Crippen LogP contribution in [0, 0.1) is 6.92 Å². The van der Waals surface area contributed by atoms with Crippen LogP contribution in [-0.4, -0.2) is 16.0 Å². The summed E-state index contributed by atoms with van der Waals surface area (Å²) in [5, 5.41) is 8.84. The van der Waals surface area contributed by atoms with Crippen LogP contribution in [0.25, 0.3) is 0 Å². The molecule has 1 atom stereocenters.